The molecule has 0 spiro atoms. The summed E-state index contributed by atoms with van der Waals surface area (Å²) >= 11 is 6.69. The van der Waals surface area contributed by atoms with Crippen LogP contribution < -0.4 is 10.3 Å². The molecule has 1 amide bonds. The number of carbonyl (C=O) groups excluding carboxylic acids is 1. The van der Waals surface area contributed by atoms with Crippen molar-refractivity contribution in [1.29, 1.82) is 0 Å². The number of hydrogen-bond acceptors (Lipinski definition) is 6. The summed E-state index contributed by atoms with van der Waals surface area (Å²) in [5.74, 6) is 0.526. The highest BCUT2D eigenvalue weighted by atomic mass is 32.2. The Balaban J connectivity index is 1.53. The van der Waals surface area contributed by atoms with Crippen LogP contribution in [0.15, 0.2) is 82.6 Å². The minimum Gasteiger partial charge on any atom is -0.438 e. The number of amides is 1. The number of ether oxygens (including phenoxy) is 1. The molecule has 4 aromatic rings. The zero-order chi connectivity index (χ0) is 25.2. The summed E-state index contributed by atoms with van der Waals surface area (Å²) in [4.78, 5) is 33.3. The average Bonchev–Trinajstić information content (AvgIpc) is 3.15. The summed E-state index contributed by atoms with van der Waals surface area (Å²) in [5, 5.41) is 0. The van der Waals surface area contributed by atoms with Crippen LogP contribution in [0.2, 0.25) is 0 Å². The Morgan fingerprint density at radius 3 is 2.58 bits per heavy atom. The van der Waals surface area contributed by atoms with E-state index in [0.717, 1.165) is 16.7 Å². The molecule has 0 N–H and O–H groups in total. The van der Waals surface area contributed by atoms with E-state index >= 15 is 0 Å². The average molecular weight is 514 g/mol. The van der Waals surface area contributed by atoms with Crippen LogP contribution in [0.1, 0.15) is 22.3 Å². The summed E-state index contributed by atoms with van der Waals surface area (Å²) in [6.45, 7) is 4.41. The highest BCUT2D eigenvalue weighted by Crippen LogP contribution is 2.34. The first-order chi connectivity index (χ1) is 17.4. The fourth-order valence-electron chi connectivity index (χ4n) is 3.93. The van der Waals surface area contributed by atoms with Gasteiger partial charge in [-0.15, -0.1) is 0 Å². The van der Waals surface area contributed by atoms with Crippen molar-refractivity contribution in [3.8, 4) is 11.6 Å². The monoisotopic (exact) mass is 513 g/mol. The molecule has 0 saturated carbocycles. The van der Waals surface area contributed by atoms with Gasteiger partial charge in [0.15, 0.2) is 0 Å². The predicted octanol–water partition coefficient (Wildman–Crippen LogP) is 5.55. The van der Waals surface area contributed by atoms with Crippen LogP contribution in [-0.2, 0) is 11.2 Å². The number of carbonyl (C=O) groups is 1. The molecule has 1 aliphatic heterocycles. The van der Waals surface area contributed by atoms with Gasteiger partial charge in [0.1, 0.15) is 21.3 Å². The Labute approximate surface area is 218 Å². The van der Waals surface area contributed by atoms with E-state index in [2.05, 4.69) is 4.98 Å². The second-order valence-electron chi connectivity index (χ2n) is 8.43. The number of aryl methyl sites for hydroxylation is 1. The van der Waals surface area contributed by atoms with E-state index in [9.17, 15) is 9.59 Å². The maximum atomic E-state index is 13.5. The number of benzene rings is 2. The minimum absolute atomic E-state index is 0.148. The van der Waals surface area contributed by atoms with Gasteiger partial charge in [0.25, 0.3) is 11.5 Å². The summed E-state index contributed by atoms with van der Waals surface area (Å²) in [6.07, 6.45) is 3.88. The van der Waals surface area contributed by atoms with Gasteiger partial charge in [-0.1, -0.05) is 72.5 Å². The fourth-order valence-corrected chi connectivity index (χ4v) is 5.22. The van der Waals surface area contributed by atoms with Crippen molar-refractivity contribution in [3.63, 3.8) is 0 Å². The molecular formula is C28H23N3O3S2. The molecule has 1 saturated heterocycles. The third-order valence-corrected chi connectivity index (χ3v) is 7.49. The molecular weight excluding hydrogens is 490 g/mol. The van der Waals surface area contributed by atoms with Crippen molar-refractivity contribution >= 4 is 45.9 Å². The number of fused-ring (bicyclic) bond motifs is 1. The number of rotatable bonds is 6. The van der Waals surface area contributed by atoms with Gasteiger partial charge in [-0.25, -0.2) is 0 Å². The zero-order valence-electron chi connectivity index (χ0n) is 19.8. The Morgan fingerprint density at radius 2 is 1.78 bits per heavy atom. The number of pyridine rings is 1. The highest BCUT2D eigenvalue weighted by molar-refractivity contribution is 8.26. The van der Waals surface area contributed by atoms with Crippen molar-refractivity contribution in [3.05, 3.63) is 110 Å². The lowest BCUT2D eigenvalue weighted by atomic mass is 10.1. The van der Waals surface area contributed by atoms with Crippen molar-refractivity contribution in [2.24, 2.45) is 0 Å². The van der Waals surface area contributed by atoms with E-state index in [0.29, 0.717) is 33.6 Å². The molecule has 36 heavy (non-hydrogen) atoms. The third-order valence-electron chi connectivity index (χ3n) is 6.11. The molecule has 0 radical (unpaired) electrons. The smallest absolute Gasteiger partial charge is 0.269 e. The molecule has 6 nitrogen and oxygen atoms in total. The molecule has 2 aromatic carbocycles. The van der Waals surface area contributed by atoms with Crippen molar-refractivity contribution in [2.45, 2.75) is 20.3 Å². The Morgan fingerprint density at radius 1 is 1.00 bits per heavy atom. The first kappa shape index (κ1) is 24.0. The van der Waals surface area contributed by atoms with Gasteiger partial charge in [-0.2, -0.15) is 4.98 Å². The van der Waals surface area contributed by atoms with E-state index in [-0.39, 0.29) is 22.9 Å². The molecule has 0 aliphatic carbocycles. The normalized spacial score (nSPS) is 14.7. The van der Waals surface area contributed by atoms with Crippen LogP contribution in [0.4, 0.5) is 0 Å². The topological polar surface area (TPSA) is 63.9 Å². The standard InChI is InChI=1S/C28H23N3O3S2/c1-18-9-8-12-22(19(18)2)34-25-21(26(32)30-15-7-6-13-24(30)29-25)17-23-27(33)31(28(35)36-23)16-14-20-10-4-3-5-11-20/h3-13,15,17H,14,16H2,1-2H3/b23-17+. The lowest BCUT2D eigenvalue weighted by Crippen LogP contribution is -2.30. The van der Waals surface area contributed by atoms with Crippen LogP contribution in [-0.4, -0.2) is 31.1 Å². The summed E-state index contributed by atoms with van der Waals surface area (Å²) < 4.78 is 8.09. The Kier molecular flexibility index (Phi) is 6.71. The first-order valence-electron chi connectivity index (χ1n) is 11.5. The van der Waals surface area contributed by atoms with Gasteiger partial charge < -0.3 is 4.74 Å². The third kappa shape index (κ3) is 4.69. The fraction of sp³-hybridized carbons (Fsp3) is 0.143. The van der Waals surface area contributed by atoms with Crippen molar-refractivity contribution in [2.75, 3.05) is 6.54 Å². The maximum absolute atomic E-state index is 13.5. The molecule has 8 heteroatoms. The summed E-state index contributed by atoms with van der Waals surface area (Å²) in [5.41, 5.74) is 3.46. The molecule has 0 unspecified atom stereocenters. The van der Waals surface area contributed by atoms with Gasteiger partial charge in [0, 0.05) is 12.7 Å². The van der Waals surface area contributed by atoms with E-state index in [1.165, 1.54) is 16.2 Å². The van der Waals surface area contributed by atoms with Gasteiger partial charge in [-0.3, -0.25) is 18.9 Å². The van der Waals surface area contributed by atoms with Crippen LogP contribution >= 0.6 is 24.0 Å². The van der Waals surface area contributed by atoms with Crippen LogP contribution in [0, 0.1) is 13.8 Å². The minimum atomic E-state index is -0.324. The number of thioether (sulfide) groups is 1. The number of aromatic nitrogens is 2. The Bertz CT molecular complexity index is 1580. The van der Waals surface area contributed by atoms with E-state index in [1.54, 1.807) is 35.4 Å². The van der Waals surface area contributed by atoms with E-state index in [4.69, 9.17) is 17.0 Å². The van der Waals surface area contributed by atoms with Gasteiger partial charge in [-0.05, 0) is 61.2 Å². The predicted molar refractivity (Wildman–Crippen MR) is 147 cm³/mol. The number of thiocarbonyl (C=S) groups is 1. The van der Waals surface area contributed by atoms with Gasteiger partial charge in [0.2, 0.25) is 5.88 Å². The van der Waals surface area contributed by atoms with E-state index in [1.807, 2.05) is 62.4 Å². The zero-order valence-corrected chi connectivity index (χ0v) is 21.4. The second kappa shape index (κ2) is 10.1. The molecule has 2 aromatic heterocycles. The molecule has 0 atom stereocenters. The lowest BCUT2D eigenvalue weighted by Gasteiger charge is -2.14. The first-order valence-corrected chi connectivity index (χ1v) is 12.7. The van der Waals surface area contributed by atoms with Crippen LogP contribution in [0.5, 0.6) is 11.6 Å². The summed E-state index contributed by atoms with van der Waals surface area (Å²) in [6, 6.07) is 21.0. The highest BCUT2D eigenvalue weighted by Gasteiger charge is 2.32. The number of hydrogen-bond donors (Lipinski definition) is 0. The maximum Gasteiger partial charge on any atom is 0.269 e. The number of nitrogens with zero attached hydrogens (tertiary/aromatic N) is 3. The van der Waals surface area contributed by atoms with Crippen LogP contribution in [0.25, 0.3) is 11.7 Å². The molecule has 180 valence electrons. The lowest BCUT2D eigenvalue weighted by molar-refractivity contribution is -0.122. The van der Waals surface area contributed by atoms with Crippen LogP contribution in [0.3, 0.4) is 0 Å². The molecule has 3 heterocycles. The van der Waals surface area contributed by atoms with Crippen molar-refractivity contribution < 1.29 is 9.53 Å². The van der Waals surface area contributed by atoms with Crippen molar-refractivity contribution in [1.82, 2.24) is 14.3 Å². The molecule has 1 fully saturated rings. The second-order valence-corrected chi connectivity index (χ2v) is 10.1. The molecule has 0 bridgehead atoms. The quantitative estimate of drug-likeness (QED) is 0.249. The van der Waals surface area contributed by atoms with E-state index < -0.39 is 0 Å². The SMILES string of the molecule is Cc1cccc(Oc2nc3ccccn3c(=O)c2/C=C2/SC(=S)N(CCc3ccccc3)C2=O)c1C. The van der Waals surface area contributed by atoms with Gasteiger partial charge in [0.05, 0.1) is 4.91 Å². The largest absolute Gasteiger partial charge is 0.438 e. The van der Waals surface area contributed by atoms with Gasteiger partial charge >= 0.3 is 0 Å². The summed E-state index contributed by atoms with van der Waals surface area (Å²) in [7, 11) is 0. The molecule has 1 aliphatic rings. The Hall–Kier alpha value is -3.75. The molecule has 5 rings (SSSR count).